The van der Waals surface area contributed by atoms with Gasteiger partial charge in [0, 0.05) is 5.92 Å². The topological polar surface area (TPSA) is 37.3 Å². The summed E-state index contributed by atoms with van der Waals surface area (Å²) in [7, 11) is -1.69. The first-order chi connectivity index (χ1) is 11.6. The predicted octanol–water partition coefficient (Wildman–Crippen LogP) is 6.17. The van der Waals surface area contributed by atoms with Crippen LogP contribution in [0.4, 0.5) is 0 Å². The van der Waals surface area contributed by atoms with E-state index >= 15 is 0 Å². The molecule has 0 fully saturated rings. The molecule has 0 spiro atoms. The number of hydrogen-bond donors (Lipinski definition) is 1. The van der Waals surface area contributed by atoms with Gasteiger partial charge in [-0.15, -0.1) is 11.5 Å². The highest BCUT2D eigenvalue weighted by Gasteiger charge is 2.41. The molecule has 0 unspecified atom stereocenters. The molecule has 0 aliphatic carbocycles. The van der Waals surface area contributed by atoms with Crippen molar-refractivity contribution in [3.63, 3.8) is 0 Å². The van der Waals surface area contributed by atoms with Crippen LogP contribution in [0.25, 0.3) is 0 Å². The van der Waals surface area contributed by atoms with Crippen molar-refractivity contribution in [2.24, 2.45) is 5.92 Å². The van der Waals surface area contributed by atoms with Gasteiger partial charge < -0.3 is 5.11 Å². The lowest BCUT2D eigenvalue weighted by Gasteiger charge is -2.38. The minimum Gasteiger partial charge on any atom is -0.478 e. The largest absolute Gasteiger partial charge is 0.478 e. The van der Waals surface area contributed by atoms with E-state index in [1.807, 2.05) is 12.1 Å². The zero-order chi connectivity index (χ0) is 19.2. The highest BCUT2D eigenvalue weighted by atomic mass is 28.3. The lowest BCUT2D eigenvalue weighted by molar-refractivity contribution is 0.0697. The highest BCUT2D eigenvalue weighted by molar-refractivity contribution is 6.90. The number of hydrogen-bond acceptors (Lipinski definition) is 1. The van der Waals surface area contributed by atoms with Gasteiger partial charge in [-0.3, -0.25) is 0 Å². The normalized spacial score (nSPS) is 13.0. The van der Waals surface area contributed by atoms with E-state index < -0.39 is 14.0 Å². The van der Waals surface area contributed by atoms with Crippen LogP contribution in [0.15, 0.2) is 24.3 Å². The van der Waals surface area contributed by atoms with Crippen molar-refractivity contribution in [2.45, 2.75) is 77.9 Å². The first-order valence-corrected chi connectivity index (χ1v) is 11.7. The Morgan fingerprint density at radius 3 is 1.84 bits per heavy atom. The number of carboxylic acids is 1. The molecule has 25 heavy (non-hydrogen) atoms. The fourth-order valence-corrected chi connectivity index (χ4v) is 9.35. The van der Waals surface area contributed by atoms with Crippen LogP contribution in [0, 0.1) is 17.4 Å². The SMILES string of the molecule is CC[C@H](C#C[Si](C(C)C)(C(C)C)C(C)C)Cc1ccc(C(=O)O)cc1. The molecule has 1 aromatic rings. The van der Waals surface area contributed by atoms with Crippen molar-refractivity contribution in [1.82, 2.24) is 0 Å². The van der Waals surface area contributed by atoms with Gasteiger partial charge in [-0.1, -0.05) is 60.6 Å². The summed E-state index contributed by atoms with van der Waals surface area (Å²) >= 11 is 0. The van der Waals surface area contributed by atoms with Crippen molar-refractivity contribution in [3.05, 3.63) is 35.4 Å². The summed E-state index contributed by atoms with van der Waals surface area (Å²) in [5, 5.41) is 9.02. The van der Waals surface area contributed by atoms with Crippen molar-refractivity contribution in [2.75, 3.05) is 0 Å². The van der Waals surface area contributed by atoms with E-state index in [0.717, 1.165) is 18.4 Å². The second-order valence-electron chi connectivity index (χ2n) is 7.98. The molecule has 0 aromatic heterocycles. The molecular formula is C22H34O2Si. The zero-order valence-electron chi connectivity index (χ0n) is 16.9. The minimum atomic E-state index is -1.69. The van der Waals surface area contributed by atoms with Crippen LogP contribution in [0.2, 0.25) is 16.6 Å². The molecule has 138 valence electrons. The van der Waals surface area contributed by atoms with E-state index in [2.05, 4.69) is 59.9 Å². The van der Waals surface area contributed by atoms with E-state index in [1.165, 1.54) is 0 Å². The number of carboxylic acid groups (broad SMARTS) is 1. The Kier molecular flexibility index (Phi) is 7.95. The molecule has 0 saturated carbocycles. The summed E-state index contributed by atoms with van der Waals surface area (Å²) in [6.07, 6.45) is 1.91. The summed E-state index contributed by atoms with van der Waals surface area (Å²) in [5.74, 6) is 3.09. The van der Waals surface area contributed by atoms with Crippen LogP contribution in [0.1, 0.15) is 70.8 Å². The Balaban J connectivity index is 3.05. The number of benzene rings is 1. The standard InChI is InChI=1S/C22H34O2Si/c1-8-19(15-20-9-11-21(12-10-20)22(23)24)13-14-25(16(2)3,17(4)5)18(6)7/h9-12,16-19H,8,15H2,1-7H3,(H,23,24)/t19-/m1/s1. The molecule has 0 aliphatic rings. The van der Waals surface area contributed by atoms with Gasteiger partial charge in [0.15, 0.2) is 0 Å². The summed E-state index contributed by atoms with van der Waals surface area (Å²) in [6.45, 7) is 16.2. The Hall–Kier alpha value is -1.53. The molecule has 0 heterocycles. The van der Waals surface area contributed by atoms with Crippen LogP contribution in [0.3, 0.4) is 0 Å². The molecular weight excluding hydrogens is 324 g/mol. The summed E-state index contributed by atoms with van der Waals surface area (Å²) < 4.78 is 0. The monoisotopic (exact) mass is 358 g/mol. The smallest absolute Gasteiger partial charge is 0.335 e. The summed E-state index contributed by atoms with van der Waals surface area (Å²) in [4.78, 5) is 11.0. The summed E-state index contributed by atoms with van der Waals surface area (Å²) in [5.41, 5.74) is 7.27. The molecule has 1 atom stereocenters. The first-order valence-electron chi connectivity index (χ1n) is 9.50. The Morgan fingerprint density at radius 2 is 1.48 bits per heavy atom. The second-order valence-corrected chi connectivity index (χ2v) is 13.6. The lowest BCUT2D eigenvalue weighted by atomic mass is 9.97. The van der Waals surface area contributed by atoms with Gasteiger partial charge in [0.1, 0.15) is 8.07 Å². The molecule has 0 saturated heterocycles. The average molecular weight is 359 g/mol. The highest BCUT2D eigenvalue weighted by Crippen LogP contribution is 2.40. The fraction of sp³-hybridized carbons (Fsp3) is 0.591. The lowest BCUT2D eigenvalue weighted by Crippen LogP contribution is -2.43. The molecule has 0 amide bonds. The van der Waals surface area contributed by atoms with Crippen LogP contribution in [0.5, 0.6) is 0 Å². The van der Waals surface area contributed by atoms with Crippen molar-refractivity contribution in [3.8, 4) is 11.5 Å². The van der Waals surface area contributed by atoms with Crippen LogP contribution < -0.4 is 0 Å². The molecule has 0 radical (unpaired) electrons. The van der Waals surface area contributed by atoms with Crippen LogP contribution in [-0.2, 0) is 6.42 Å². The third-order valence-corrected chi connectivity index (χ3v) is 11.8. The van der Waals surface area contributed by atoms with Gasteiger partial charge >= 0.3 is 5.97 Å². The van der Waals surface area contributed by atoms with E-state index in [-0.39, 0.29) is 0 Å². The third kappa shape index (κ3) is 5.22. The third-order valence-electron chi connectivity index (χ3n) is 5.53. The molecule has 2 nitrogen and oxygen atoms in total. The molecule has 0 aliphatic heterocycles. The van der Waals surface area contributed by atoms with Gasteiger partial charge in [-0.05, 0) is 47.2 Å². The van der Waals surface area contributed by atoms with E-state index in [9.17, 15) is 4.79 Å². The number of rotatable bonds is 7. The molecule has 1 aromatic carbocycles. The van der Waals surface area contributed by atoms with E-state index in [0.29, 0.717) is 28.1 Å². The maximum absolute atomic E-state index is 11.0. The van der Waals surface area contributed by atoms with Crippen LogP contribution >= 0.6 is 0 Å². The maximum Gasteiger partial charge on any atom is 0.335 e. The fourth-order valence-electron chi connectivity index (χ4n) is 4.03. The second kappa shape index (κ2) is 9.24. The van der Waals surface area contributed by atoms with Gasteiger partial charge in [0.25, 0.3) is 0 Å². The van der Waals surface area contributed by atoms with E-state index in [1.54, 1.807) is 12.1 Å². The van der Waals surface area contributed by atoms with Crippen molar-refractivity contribution in [1.29, 1.82) is 0 Å². The van der Waals surface area contributed by atoms with Gasteiger partial charge in [-0.25, -0.2) is 4.79 Å². The maximum atomic E-state index is 11.0. The van der Waals surface area contributed by atoms with Gasteiger partial charge in [-0.2, -0.15) is 0 Å². The van der Waals surface area contributed by atoms with Crippen molar-refractivity contribution >= 4 is 14.0 Å². The molecule has 1 rings (SSSR count). The van der Waals surface area contributed by atoms with E-state index in [4.69, 9.17) is 5.11 Å². The Morgan fingerprint density at radius 1 is 1.00 bits per heavy atom. The Bertz CT molecular complexity index is 596. The Labute approximate surface area is 155 Å². The average Bonchev–Trinajstić information content (AvgIpc) is 2.53. The number of aromatic carboxylic acids is 1. The first kappa shape index (κ1) is 21.5. The predicted molar refractivity (Wildman–Crippen MR) is 110 cm³/mol. The zero-order valence-corrected chi connectivity index (χ0v) is 17.9. The van der Waals surface area contributed by atoms with Gasteiger partial charge in [0.05, 0.1) is 5.56 Å². The molecule has 0 bridgehead atoms. The number of carbonyl (C=O) groups is 1. The summed E-state index contributed by atoms with van der Waals surface area (Å²) in [6, 6.07) is 7.22. The molecule has 3 heteroatoms. The van der Waals surface area contributed by atoms with Gasteiger partial charge in [0.2, 0.25) is 0 Å². The van der Waals surface area contributed by atoms with Crippen LogP contribution in [-0.4, -0.2) is 19.1 Å². The quantitative estimate of drug-likeness (QED) is 0.467. The van der Waals surface area contributed by atoms with Crippen molar-refractivity contribution < 1.29 is 9.90 Å². The minimum absolute atomic E-state index is 0.332. The molecule has 1 N–H and O–H groups in total.